The Morgan fingerprint density at radius 1 is 0.298 bits per heavy atom. The van der Waals surface area contributed by atoms with Crippen LogP contribution in [0, 0.1) is 0 Å². The second-order valence-electron chi connectivity index (χ2n) is 14.3. The molecule has 0 amide bonds. The lowest BCUT2D eigenvalue weighted by molar-refractivity contribution is 0.670. The predicted octanol–water partition coefficient (Wildman–Crippen LogP) is 14.8. The first kappa shape index (κ1) is 32.3. The first-order chi connectivity index (χ1) is 28.2. The molecule has 0 aliphatic heterocycles. The van der Waals surface area contributed by atoms with Gasteiger partial charge in [-0.05, 0) is 71.3 Å². The van der Waals surface area contributed by atoms with E-state index in [9.17, 15) is 0 Å². The topological polar surface area (TPSA) is 51.8 Å². The van der Waals surface area contributed by atoms with Crippen LogP contribution >= 0.6 is 22.7 Å². The summed E-state index contributed by atoms with van der Waals surface area (Å²) in [6, 6.07) is 62.1. The summed E-state index contributed by atoms with van der Waals surface area (Å²) in [5.41, 5.74) is 8.71. The Kier molecular flexibility index (Phi) is 7.24. The quantitative estimate of drug-likeness (QED) is 0.175. The van der Waals surface area contributed by atoms with Gasteiger partial charge in [-0.2, -0.15) is 0 Å². The number of rotatable bonds is 5. The maximum atomic E-state index is 7.11. The number of hydrogen-bond acceptors (Lipinski definition) is 6. The van der Waals surface area contributed by atoms with Crippen molar-refractivity contribution in [2.24, 2.45) is 0 Å². The molecule has 0 aliphatic rings. The molecule has 0 atom stereocenters. The number of furan rings is 1. The van der Waals surface area contributed by atoms with Gasteiger partial charge in [0.25, 0.3) is 0 Å². The number of nitrogens with zero attached hydrogens (tertiary/aromatic N) is 3. The zero-order chi connectivity index (χ0) is 37.5. The largest absolute Gasteiger partial charge is 0.455 e. The van der Waals surface area contributed by atoms with Crippen LogP contribution in [0.25, 0.3) is 119 Å². The van der Waals surface area contributed by atoms with E-state index in [1.807, 2.05) is 83.3 Å². The molecule has 0 fully saturated rings. The standard InChI is InChI=1S/C51H29N3OS2/c1-3-12-30(13-4-1)49-52-50(31-14-5-2-6-15-31)54-51(53-49)38-19-11-18-37-42-29-34(32-22-24-45-40(26-32)35-16-7-9-20-43(35)56-45)28-39(48(42)55-47(37)38)33-23-25-46-41(27-33)36-17-8-10-21-44(36)57-46/h1-29H. The smallest absolute Gasteiger partial charge is 0.167 e. The lowest BCUT2D eigenvalue weighted by Crippen LogP contribution is -2.00. The summed E-state index contributed by atoms with van der Waals surface area (Å²) >= 11 is 3.68. The normalized spacial score (nSPS) is 11.9. The van der Waals surface area contributed by atoms with E-state index >= 15 is 0 Å². The summed E-state index contributed by atoms with van der Waals surface area (Å²) in [6.07, 6.45) is 0. The van der Waals surface area contributed by atoms with Crippen LogP contribution in [0.1, 0.15) is 0 Å². The second-order valence-corrected chi connectivity index (χ2v) is 16.5. The van der Waals surface area contributed by atoms with Crippen molar-refractivity contribution >= 4 is 85.0 Å². The highest BCUT2D eigenvalue weighted by atomic mass is 32.1. The van der Waals surface area contributed by atoms with Crippen molar-refractivity contribution in [3.63, 3.8) is 0 Å². The minimum atomic E-state index is 0.565. The number of benzene rings is 8. The fraction of sp³-hybridized carbons (Fsp3) is 0. The van der Waals surface area contributed by atoms with Crippen LogP contribution in [0.2, 0.25) is 0 Å². The van der Waals surface area contributed by atoms with Gasteiger partial charge in [-0.1, -0.05) is 121 Å². The molecule has 4 nitrogen and oxygen atoms in total. The van der Waals surface area contributed by atoms with Crippen LogP contribution in [0.5, 0.6) is 0 Å². The van der Waals surface area contributed by atoms with Gasteiger partial charge in [-0.15, -0.1) is 22.7 Å². The van der Waals surface area contributed by atoms with Crippen molar-refractivity contribution < 1.29 is 4.42 Å². The molecule has 0 bridgehead atoms. The first-order valence-corrected chi connectivity index (χ1v) is 20.6. The summed E-state index contributed by atoms with van der Waals surface area (Å²) < 4.78 is 12.3. The third-order valence-corrected chi connectivity index (χ3v) is 13.2. The van der Waals surface area contributed by atoms with Crippen LogP contribution < -0.4 is 0 Å². The van der Waals surface area contributed by atoms with Gasteiger partial charge < -0.3 is 4.42 Å². The summed E-state index contributed by atoms with van der Waals surface area (Å²) in [7, 11) is 0. The monoisotopic (exact) mass is 763 g/mol. The Morgan fingerprint density at radius 2 is 0.789 bits per heavy atom. The minimum Gasteiger partial charge on any atom is -0.455 e. The third-order valence-electron chi connectivity index (χ3n) is 10.9. The molecule has 12 aromatic rings. The van der Waals surface area contributed by atoms with Gasteiger partial charge in [0.2, 0.25) is 0 Å². The van der Waals surface area contributed by atoms with Crippen molar-refractivity contribution in [3.05, 3.63) is 176 Å². The Morgan fingerprint density at radius 3 is 1.44 bits per heavy atom. The van der Waals surface area contributed by atoms with E-state index in [-0.39, 0.29) is 0 Å². The molecule has 0 saturated heterocycles. The van der Waals surface area contributed by atoms with Crippen LogP contribution in [-0.4, -0.2) is 15.0 Å². The summed E-state index contributed by atoms with van der Waals surface area (Å²) in [5, 5.41) is 7.14. The average Bonchev–Trinajstić information content (AvgIpc) is 3.97. The van der Waals surface area contributed by atoms with E-state index in [2.05, 4.69) is 115 Å². The number of para-hydroxylation sites is 1. The predicted molar refractivity (Wildman–Crippen MR) is 240 cm³/mol. The van der Waals surface area contributed by atoms with Crippen molar-refractivity contribution in [1.82, 2.24) is 15.0 Å². The molecule has 12 rings (SSSR count). The molecule has 4 heterocycles. The zero-order valence-corrected chi connectivity index (χ0v) is 31.9. The van der Waals surface area contributed by atoms with E-state index in [1.54, 1.807) is 0 Å². The fourth-order valence-corrected chi connectivity index (χ4v) is 10.4. The van der Waals surface area contributed by atoms with Crippen molar-refractivity contribution in [2.45, 2.75) is 0 Å². The molecule has 0 spiro atoms. The van der Waals surface area contributed by atoms with E-state index in [0.29, 0.717) is 17.5 Å². The Bertz CT molecular complexity index is 3470. The van der Waals surface area contributed by atoms with Crippen LogP contribution in [-0.2, 0) is 0 Å². The van der Waals surface area contributed by atoms with Gasteiger partial charge in [-0.3, -0.25) is 0 Å². The van der Waals surface area contributed by atoms with Gasteiger partial charge >= 0.3 is 0 Å². The summed E-state index contributed by atoms with van der Waals surface area (Å²) in [4.78, 5) is 15.1. The van der Waals surface area contributed by atoms with E-state index in [1.165, 1.54) is 45.9 Å². The van der Waals surface area contributed by atoms with E-state index in [4.69, 9.17) is 19.4 Å². The lowest BCUT2D eigenvalue weighted by Gasteiger charge is -2.09. The molecule has 57 heavy (non-hydrogen) atoms. The van der Waals surface area contributed by atoms with Crippen LogP contribution in [0.15, 0.2) is 180 Å². The Hall–Kier alpha value is -6.99. The van der Waals surface area contributed by atoms with Crippen LogP contribution in [0.3, 0.4) is 0 Å². The molecule has 0 aliphatic carbocycles. The highest BCUT2D eigenvalue weighted by molar-refractivity contribution is 7.26. The SMILES string of the molecule is c1ccc(-c2nc(-c3ccccc3)nc(-c3cccc4c3oc3c(-c5ccc6sc7ccccc7c6c5)cc(-c5ccc6sc7ccccc7c6c5)cc34)n2)cc1. The summed E-state index contributed by atoms with van der Waals surface area (Å²) in [5.74, 6) is 1.79. The van der Waals surface area contributed by atoms with Crippen molar-refractivity contribution in [1.29, 1.82) is 0 Å². The molecular formula is C51H29N3OS2. The highest BCUT2D eigenvalue weighted by Gasteiger charge is 2.21. The number of fused-ring (bicyclic) bond motifs is 9. The van der Waals surface area contributed by atoms with Crippen molar-refractivity contribution in [3.8, 4) is 56.4 Å². The molecule has 8 aromatic carbocycles. The molecule has 0 N–H and O–H groups in total. The van der Waals surface area contributed by atoms with Gasteiger partial charge in [0.05, 0.1) is 5.56 Å². The van der Waals surface area contributed by atoms with Gasteiger partial charge in [0.1, 0.15) is 11.2 Å². The molecule has 0 radical (unpaired) electrons. The highest BCUT2D eigenvalue weighted by Crippen LogP contribution is 2.45. The van der Waals surface area contributed by atoms with Gasteiger partial charge in [0.15, 0.2) is 17.5 Å². The summed E-state index contributed by atoms with van der Waals surface area (Å²) in [6.45, 7) is 0. The molecule has 4 aromatic heterocycles. The lowest BCUT2D eigenvalue weighted by atomic mass is 9.94. The maximum absolute atomic E-state index is 7.11. The van der Waals surface area contributed by atoms with E-state index < -0.39 is 0 Å². The Balaban J connectivity index is 1.12. The number of aromatic nitrogens is 3. The van der Waals surface area contributed by atoms with Gasteiger partial charge in [0, 0.05) is 67.8 Å². The molecule has 266 valence electrons. The minimum absolute atomic E-state index is 0.565. The van der Waals surface area contributed by atoms with E-state index in [0.717, 1.165) is 55.3 Å². The number of thiophene rings is 2. The maximum Gasteiger partial charge on any atom is 0.167 e. The Labute approximate surface area is 335 Å². The first-order valence-electron chi connectivity index (χ1n) is 18.9. The zero-order valence-electron chi connectivity index (χ0n) is 30.3. The van der Waals surface area contributed by atoms with Gasteiger partial charge in [-0.25, -0.2) is 15.0 Å². The third kappa shape index (κ3) is 5.30. The fourth-order valence-electron chi connectivity index (χ4n) is 8.19. The second kappa shape index (κ2) is 12.8. The van der Waals surface area contributed by atoms with Crippen molar-refractivity contribution in [2.75, 3.05) is 0 Å². The molecule has 6 heteroatoms. The number of hydrogen-bond donors (Lipinski definition) is 0. The molecular weight excluding hydrogens is 735 g/mol. The molecule has 0 saturated carbocycles. The average molecular weight is 764 g/mol. The molecule has 0 unspecified atom stereocenters. The van der Waals surface area contributed by atoms with Crippen LogP contribution in [0.4, 0.5) is 0 Å².